The summed E-state index contributed by atoms with van der Waals surface area (Å²) in [6.45, 7) is 2.89. The number of rotatable bonds is 5. The molecule has 0 amide bonds. The highest BCUT2D eigenvalue weighted by Crippen LogP contribution is 2.24. The van der Waals surface area contributed by atoms with Crippen molar-refractivity contribution in [3.63, 3.8) is 0 Å². The lowest BCUT2D eigenvalue weighted by Crippen LogP contribution is -2.30. The van der Waals surface area contributed by atoms with E-state index >= 15 is 0 Å². The van der Waals surface area contributed by atoms with Crippen LogP contribution in [0.4, 0.5) is 0 Å². The highest BCUT2D eigenvalue weighted by Gasteiger charge is 2.22. The fourth-order valence-corrected chi connectivity index (χ4v) is 4.86. The van der Waals surface area contributed by atoms with E-state index in [9.17, 15) is 4.79 Å². The smallest absolute Gasteiger partial charge is 0.274 e. The highest BCUT2D eigenvalue weighted by atomic mass is 35.5. The normalized spacial score (nSPS) is 17.2. The molecular formula is C27H27ClN4O. The number of nitrogens with zero attached hydrogens (tertiary/aromatic N) is 4. The molecule has 168 valence electrons. The number of likely N-dealkylation sites (tertiary alicyclic amines) is 1. The topological polar surface area (TPSA) is 51.0 Å². The van der Waals surface area contributed by atoms with Crippen molar-refractivity contribution in [2.45, 2.75) is 38.3 Å². The van der Waals surface area contributed by atoms with Gasteiger partial charge in [0, 0.05) is 42.3 Å². The van der Waals surface area contributed by atoms with E-state index in [4.69, 9.17) is 16.7 Å². The van der Waals surface area contributed by atoms with E-state index < -0.39 is 0 Å². The van der Waals surface area contributed by atoms with Crippen molar-refractivity contribution in [1.29, 1.82) is 0 Å². The van der Waals surface area contributed by atoms with Crippen LogP contribution in [0, 0.1) is 0 Å². The summed E-state index contributed by atoms with van der Waals surface area (Å²) >= 11 is 6.07. The quantitative estimate of drug-likeness (QED) is 0.409. The summed E-state index contributed by atoms with van der Waals surface area (Å²) in [5.74, 6) is 0. The Kier molecular flexibility index (Phi) is 6.51. The van der Waals surface area contributed by atoms with Gasteiger partial charge in [-0.05, 0) is 67.3 Å². The number of aromatic nitrogens is 3. The van der Waals surface area contributed by atoms with Crippen molar-refractivity contribution in [1.82, 2.24) is 19.7 Å². The van der Waals surface area contributed by atoms with E-state index in [0.29, 0.717) is 6.42 Å². The first-order valence-electron chi connectivity index (χ1n) is 11.5. The fraction of sp³-hybridized carbons (Fsp3) is 0.296. The summed E-state index contributed by atoms with van der Waals surface area (Å²) in [6.07, 6.45) is 7.27. The average molecular weight is 459 g/mol. The Morgan fingerprint density at radius 2 is 1.64 bits per heavy atom. The Hall–Kier alpha value is -3.02. The molecular weight excluding hydrogens is 432 g/mol. The summed E-state index contributed by atoms with van der Waals surface area (Å²) in [5, 5.41) is 7.33. The molecule has 0 spiro atoms. The van der Waals surface area contributed by atoms with Crippen molar-refractivity contribution in [3.05, 3.63) is 105 Å². The van der Waals surface area contributed by atoms with Crippen LogP contribution in [0.2, 0.25) is 5.02 Å². The molecule has 2 aromatic carbocycles. The first-order chi connectivity index (χ1) is 16.2. The number of halogens is 1. The van der Waals surface area contributed by atoms with E-state index in [1.54, 1.807) is 4.68 Å². The van der Waals surface area contributed by atoms with Gasteiger partial charge < -0.3 is 0 Å². The van der Waals surface area contributed by atoms with Gasteiger partial charge in [0.1, 0.15) is 0 Å². The Morgan fingerprint density at radius 1 is 0.879 bits per heavy atom. The van der Waals surface area contributed by atoms with Crippen LogP contribution in [-0.4, -0.2) is 32.8 Å². The number of hydrogen-bond donors (Lipinski definition) is 0. The van der Waals surface area contributed by atoms with E-state index in [0.717, 1.165) is 65.9 Å². The zero-order valence-electron chi connectivity index (χ0n) is 18.5. The summed E-state index contributed by atoms with van der Waals surface area (Å²) in [5.41, 5.74) is 3.35. The predicted molar refractivity (Wildman–Crippen MR) is 133 cm³/mol. The number of pyridine rings is 1. The largest absolute Gasteiger partial charge is 0.299 e. The molecule has 0 N–H and O–H groups in total. The maximum atomic E-state index is 13.4. The Morgan fingerprint density at radius 3 is 2.42 bits per heavy atom. The molecule has 5 nitrogen and oxygen atoms in total. The van der Waals surface area contributed by atoms with Gasteiger partial charge in [0.2, 0.25) is 0 Å². The molecule has 4 aromatic rings. The maximum Gasteiger partial charge on any atom is 0.274 e. The van der Waals surface area contributed by atoms with Crippen LogP contribution in [-0.2, 0) is 13.0 Å². The maximum absolute atomic E-state index is 13.4. The summed E-state index contributed by atoms with van der Waals surface area (Å²) in [7, 11) is 0. The first-order valence-corrected chi connectivity index (χ1v) is 11.9. The van der Waals surface area contributed by atoms with Crippen molar-refractivity contribution < 1.29 is 0 Å². The van der Waals surface area contributed by atoms with Crippen LogP contribution in [0.25, 0.3) is 10.8 Å². The standard InChI is InChI=1S/C27H27ClN4O/c28-22-9-7-20(8-10-22)18-26-24-5-1-2-6-25(24)27(33)32(30-26)23-4-3-16-31(17-13-23)19-21-11-14-29-15-12-21/h1-2,5-12,14-15,23H,3-4,13,16-19H2. The van der Waals surface area contributed by atoms with Gasteiger partial charge in [-0.3, -0.25) is 14.7 Å². The molecule has 1 aliphatic rings. The van der Waals surface area contributed by atoms with E-state index in [-0.39, 0.29) is 11.6 Å². The SMILES string of the molecule is O=c1c2ccccc2c(Cc2ccc(Cl)cc2)nn1C1CCCN(Cc2ccncc2)CC1. The number of fused-ring (bicyclic) bond motifs is 1. The van der Waals surface area contributed by atoms with Crippen molar-refractivity contribution in [2.24, 2.45) is 0 Å². The van der Waals surface area contributed by atoms with Crippen LogP contribution in [0.15, 0.2) is 77.9 Å². The molecule has 0 radical (unpaired) electrons. The number of benzene rings is 2. The molecule has 1 aliphatic heterocycles. The molecule has 33 heavy (non-hydrogen) atoms. The van der Waals surface area contributed by atoms with E-state index in [1.165, 1.54) is 5.56 Å². The molecule has 1 atom stereocenters. The molecule has 1 fully saturated rings. The van der Waals surface area contributed by atoms with Gasteiger partial charge in [-0.25, -0.2) is 4.68 Å². The minimum absolute atomic E-state index is 0.0121. The zero-order valence-corrected chi connectivity index (χ0v) is 19.3. The number of hydrogen-bond acceptors (Lipinski definition) is 4. The molecule has 0 aliphatic carbocycles. The van der Waals surface area contributed by atoms with Crippen molar-refractivity contribution in [2.75, 3.05) is 13.1 Å². The fourth-order valence-electron chi connectivity index (χ4n) is 4.73. The summed E-state index contributed by atoms with van der Waals surface area (Å²) in [6, 6.07) is 19.9. The minimum Gasteiger partial charge on any atom is -0.299 e. The van der Waals surface area contributed by atoms with Gasteiger partial charge in [-0.1, -0.05) is 41.9 Å². The molecule has 3 heterocycles. The van der Waals surface area contributed by atoms with Gasteiger partial charge >= 0.3 is 0 Å². The second kappa shape index (κ2) is 9.86. The average Bonchev–Trinajstić information content (AvgIpc) is 3.08. The van der Waals surface area contributed by atoms with Gasteiger partial charge in [-0.2, -0.15) is 5.10 Å². The lowest BCUT2D eigenvalue weighted by molar-refractivity contribution is 0.270. The molecule has 5 rings (SSSR count). The second-order valence-electron chi connectivity index (χ2n) is 8.76. The summed E-state index contributed by atoms with van der Waals surface area (Å²) < 4.78 is 1.77. The first kappa shape index (κ1) is 21.8. The third-order valence-electron chi connectivity index (χ3n) is 6.48. The van der Waals surface area contributed by atoms with E-state index in [2.05, 4.69) is 22.0 Å². The third-order valence-corrected chi connectivity index (χ3v) is 6.73. The van der Waals surface area contributed by atoms with Gasteiger partial charge in [-0.15, -0.1) is 0 Å². The molecule has 6 heteroatoms. The third kappa shape index (κ3) is 5.00. The Balaban J connectivity index is 1.43. The molecule has 1 saturated heterocycles. The molecule has 0 bridgehead atoms. The Labute approximate surface area is 198 Å². The Bertz CT molecular complexity index is 1290. The van der Waals surface area contributed by atoms with Gasteiger partial charge in [0.05, 0.1) is 17.1 Å². The van der Waals surface area contributed by atoms with E-state index in [1.807, 2.05) is 60.9 Å². The van der Waals surface area contributed by atoms with Crippen LogP contribution < -0.4 is 5.56 Å². The molecule has 2 aromatic heterocycles. The minimum atomic E-state index is 0.0121. The zero-order chi connectivity index (χ0) is 22.6. The lowest BCUT2D eigenvalue weighted by atomic mass is 10.0. The molecule has 0 saturated carbocycles. The van der Waals surface area contributed by atoms with Crippen molar-refractivity contribution in [3.8, 4) is 0 Å². The predicted octanol–water partition coefficient (Wildman–Crippen LogP) is 5.26. The van der Waals surface area contributed by atoms with Gasteiger partial charge in [0.25, 0.3) is 5.56 Å². The second-order valence-corrected chi connectivity index (χ2v) is 9.20. The highest BCUT2D eigenvalue weighted by molar-refractivity contribution is 6.30. The van der Waals surface area contributed by atoms with Crippen molar-refractivity contribution >= 4 is 22.4 Å². The van der Waals surface area contributed by atoms with Crippen LogP contribution in [0.5, 0.6) is 0 Å². The lowest BCUT2D eigenvalue weighted by Gasteiger charge is -2.21. The monoisotopic (exact) mass is 458 g/mol. The van der Waals surface area contributed by atoms with Crippen LogP contribution >= 0.6 is 11.6 Å². The van der Waals surface area contributed by atoms with Gasteiger partial charge in [0.15, 0.2) is 0 Å². The summed E-state index contributed by atoms with van der Waals surface area (Å²) in [4.78, 5) is 20.0. The van der Waals surface area contributed by atoms with Crippen LogP contribution in [0.3, 0.4) is 0 Å². The molecule has 1 unspecified atom stereocenters. The van der Waals surface area contributed by atoms with Crippen LogP contribution in [0.1, 0.15) is 42.1 Å².